The molecule has 0 aliphatic rings. The van der Waals surface area contributed by atoms with E-state index in [2.05, 4.69) is 5.32 Å². The molecule has 0 spiro atoms. The van der Waals surface area contributed by atoms with Gasteiger partial charge in [-0.2, -0.15) is 0 Å². The maximum atomic E-state index is 11.3. The highest BCUT2D eigenvalue weighted by atomic mass is 16.6. The number of benzene rings is 1. The molecule has 0 fully saturated rings. The number of ether oxygens (including phenoxy) is 2. The van der Waals surface area contributed by atoms with E-state index in [0.717, 1.165) is 6.07 Å². The molecule has 0 atom stereocenters. The van der Waals surface area contributed by atoms with Gasteiger partial charge in [-0.25, -0.2) is 0 Å². The van der Waals surface area contributed by atoms with Gasteiger partial charge in [-0.1, -0.05) is 0 Å². The first-order valence-corrected chi connectivity index (χ1v) is 5.74. The van der Waals surface area contributed by atoms with E-state index in [1.54, 1.807) is 6.92 Å². The Balaban J connectivity index is 3.11. The van der Waals surface area contributed by atoms with Gasteiger partial charge >= 0.3 is 5.69 Å². The zero-order valence-electron chi connectivity index (χ0n) is 11.0. The first-order chi connectivity index (χ1) is 9.53. The maximum absolute atomic E-state index is 11.3. The van der Waals surface area contributed by atoms with E-state index in [4.69, 9.17) is 9.47 Å². The van der Waals surface area contributed by atoms with Gasteiger partial charge in [0.1, 0.15) is 6.29 Å². The summed E-state index contributed by atoms with van der Waals surface area (Å²) in [7, 11) is 1.28. The van der Waals surface area contributed by atoms with Crippen LogP contribution in [0.2, 0.25) is 0 Å². The van der Waals surface area contributed by atoms with E-state index < -0.39 is 16.5 Å². The Labute approximate surface area is 114 Å². The van der Waals surface area contributed by atoms with Crippen molar-refractivity contribution in [1.29, 1.82) is 0 Å². The number of methoxy groups -OCH3 is 1. The molecular formula is C12H14N2O6. The quantitative estimate of drug-likeness (QED) is 0.453. The summed E-state index contributed by atoms with van der Waals surface area (Å²) in [6.07, 6.45) is 0.461. The fourth-order valence-corrected chi connectivity index (χ4v) is 1.49. The Kier molecular flexibility index (Phi) is 5.45. The zero-order valence-corrected chi connectivity index (χ0v) is 11.0. The number of nitrogens with zero attached hydrogens (tertiary/aromatic N) is 1. The van der Waals surface area contributed by atoms with Crippen molar-refractivity contribution in [2.75, 3.05) is 20.3 Å². The average Bonchev–Trinajstić information content (AvgIpc) is 2.44. The Morgan fingerprint density at radius 3 is 2.70 bits per heavy atom. The van der Waals surface area contributed by atoms with Gasteiger partial charge < -0.3 is 14.8 Å². The van der Waals surface area contributed by atoms with E-state index in [0.29, 0.717) is 12.8 Å². The predicted molar refractivity (Wildman–Crippen MR) is 69.2 cm³/mol. The summed E-state index contributed by atoms with van der Waals surface area (Å²) < 4.78 is 10.1. The highest BCUT2D eigenvalue weighted by Crippen LogP contribution is 2.37. The van der Waals surface area contributed by atoms with Crippen molar-refractivity contribution in [1.82, 2.24) is 5.32 Å². The molecule has 108 valence electrons. The van der Waals surface area contributed by atoms with Crippen LogP contribution in [0.4, 0.5) is 5.69 Å². The summed E-state index contributed by atoms with van der Waals surface area (Å²) in [5, 5.41) is 13.5. The normalized spacial score (nSPS) is 9.70. The lowest BCUT2D eigenvalue weighted by molar-refractivity contribution is -0.385. The molecule has 20 heavy (non-hydrogen) atoms. The lowest BCUT2D eigenvalue weighted by atomic mass is 10.2. The van der Waals surface area contributed by atoms with Crippen LogP contribution in [0, 0.1) is 10.1 Å². The summed E-state index contributed by atoms with van der Waals surface area (Å²) in [6, 6.07) is 2.36. The standard InChI is InChI=1S/C12H14N2O6/c1-3-13-11(16)7-20-12-9(14(17)18)4-8(6-15)5-10(12)19-2/h4-6H,3,7H2,1-2H3,(H,13,16). The zero-order chi connectivity index (χ0) is 15.1. The number of carbonyl (C=O) groups is 2. The second-order valence-corrected chi connectivity index (χ2v) is 3.69. The van der Waals surface area contributed by atoms with E-state index in [-0.39, 0.29) is 23.7 Å². The summed E-state index contributed by atoms with van der Waals surface area (Å²) in [4.78, 5) is 32.3. The van der Waals surface area contributed by atoms with E-state index in [9.17, 15) is 19.7 Å². The lowest BCUT2D eigenvalue weighted by Gasteiger charge is -2.11. The first kappa shape index (κ1) is 15.4. The Bertz CT molecular complexity index is 529. The van der Waals surface area contributed by atoms with Crippen LogP contribution in [0.25, 0.3) is 0 Å². The van der Waals surface area contributed by atoms with Gasteiger partial charge in [0, 0.05) is 18.2 Å². The molecular weight excluding hydrogens is 268 g/mol. The molecule has 0 aliphatic carbocycles. The van der Waals surface area contributed by atoms with E-state index >= 15 is 0 Å². The van der Waals surface area contributed by atoms with Crippen molar-refractivity contribution in [3.8, 4) is 11.5 Å². The molecule has 0 aliphatic heterocycles. The smallest absolute Gasteiger partial charge is 0.315 e. The number of rotatable bonds is 7. The summed E-state index contributed by atoms with van der Waals surface area (Å²) in [5.41, 5.74) is -0.352. The highest BCUT2D eigenvalue weighted by molar-refractivity contribution is 5.80. The summed E-state index contributed by atoms with van der Waals surface area (Å²) in [6.45, 7) is 1.77. The maximum Gasteiger partial charge on any atom is 0.315 e. The number of nitro benzene ring substituents is 1. The Morgan fingerprint density at radius 1 is 1.50 bits per heavy atom. The predicted octanol–water partition coefficient (Wildman–Crippen LogP) is 0.931. The number of hydrogen-bond donors (Lipinski definition) is 1. The van der Waals surface area contributed by atoms with Gasteiger partial charge in [-0.05, 0) is 13.0 Å². The van der Waals surface area contributed by atoms with Crippen LogP contribution in [-0.2, 0) is 4.79 Å². The molecule has 0 heterocycles. The van der Waals surface area contributed by atoms with Crippen molar-refractivity contribution < 1.29 is 24.0 Å². The average molecular weight is 282 g/mol. The van der Waals surface area contributed by atoms with Crippen molar-refractivity contribution in [2.24, 2.45) is 0 Å². The molecule has 8 nitrogen and oxygen atoms in total. The van der Waals surface area contributed by atoms with Gasteiger partial charge in [0.25, 0.3) is 5.91 Å². The number of hydrogen-bond acceptors (Lipinski definition) is 6. The fourth-order valence-electron chi connectivity index (χ4n) is 1.49. The summed E-state index contributed by atoms with van der Waals surface area (Å²) >= 11 is 0. The number of nitro groups is 1. The van der Waals surface area contributed by atoms with Crippen LogP contribution >= 0.6 is 0 Å². The molecule has 0 aromatic heterocycles. The minimum Gasteiger partial charge on any atom is -0.493 e. The van der Waals surface area contributed by atoms with Crippen LogP contribution in [0.1, 0.15) is 17.3 Å². The van der Waals surface area contributed by atoms with Crippen molar-refractivity contribution in [3.05, 3.63) is 27.8 Å². The second kappa shape index (κ2) is 7.07. The van der Waals surface area contributed by atoms with Gasteiger partial charge in [0.15, 0.2) is 12.4 Å². The van der Waals surface area contributed by atoms with Crippen LogP contribution in [0.3, 0.4) is 0 Å². The third-order valence-corrected chi connectivity index (χ3v) is 2.33. The molecule has 0 bridgehead atoms. The molecule has 0 saturated carbocycles. The molecule has 0 saturated heterocycles. The topological polar surface area (TPSA) is 108 Å². The third kappa shape index (κ3) is 3.67. The monoisotopic (exact) mass is 282 g/mol. The first-order valence-electron chi connectivity index (χ1n) is 5.74. The summed E-state index contributed by atoms with van der Waals surface area (Å²) in [5.74, 6) is -0.580. The van der Waals surface area contributed by atoms with E-state index in [1.165, 1.54) is 13.2 Å². The third-order valence-electron chi connectivity index (χ3n) is 2.33. The van der Waals surface area contributed by atoms with Crippen LogP contribution in [-0.4, -0.2) is 37.4 Å². The molecule has 1 aromatic carbocycles. The molecule has 0 radical (unpaired) electrons. The fraction of sp³-hybridized carbons (Fsp3) is 0.333. The number of likely N-dealkylation sites (N-methyl/N-ethyl adjacent to an activating group) is 1. The van der Waals surface area contributed by atoms with Gasteiger partial charge in [-0.3, -0.25) is 19.7 Å². The molecule has 1 aromatic rings. The van der Waals surface area contributed by atoms with Crippen molar-refractivity contribution in [3.63, 3.8) is 0 Å². The Morgan fingerprint density at radius 2 is 2.20 bits per heavy atom. The van der Waals surface area contributed by atoms with Gasteiger partial charge in [-0.15, -0.1) is 0 Å². The number of nitrogens with one attached hydrogen (secondary N) is 1. The Hall–Kier alpha value is -2.64. The van der Waals surface area contributed by atoms with Gasteiger partial charge in [0.2, 0.25) is 5.75 Å². The van der Waals surface area contributed by atoms with Gasteiger partial charge in [0.05, 0.1) is 12.0 Å². The largest absolute Gasteiger partial charge is 0.493 e. The minimum atomic E-state index is -0.706. The van der Waals surface area contributed by atoms with Crippen molar-refractivity contribution >= 4 is 17.9 Å². The van der Waals surface area contributed by atoms with Crippen LogP contribution in [0.15, 0.2) is 12.1 Å². The highest BCUT2D eigenvalue weighted by Gasteiger charge is 2.23. The number of amides is 1. The van der Waals surface area contributed by atoms with Crippen molar-refractivity contribution in [2.45, 2.75) is 6.92 Å². The SMILES string of the molecule is CCNC(=O)COc1c(OC)cc(C=O)cc1[N+](=O)[O-]. The van der Waals surface area contributed by atoms with E-state index in [1.807, 2.05) is 0 Å². The molecule has 1 N–H and O–H groups in total. The molecule has 1 amide bonds. The second-order valence-electron chi connectivity index (χ2n) is 3.69. The lowest BCUT2D eigenvalue weighted by Crippen LogP contribution is -2.28. The number of aldehydes is 1. The van der Waals surface area contributed by atoms with Crippen LogP contribution < -0.4 is 14.8 Å². The molecule has 1 rings (SSSR count). The molecule has 8 heteroatoms. The molecule has 0 unspecified atom stereocenters. The number of carbonyl (C=O) groups excluding carboxylic acids is 2. The minimum absolute atomic E-state index is 0.0191. The van der Waals surface area contributed by atoms with Crippen LogP contribution in [0.5, 0.6) is 11.5 Å².